The summed E-state index contributed by atoms with van der Waals surface area (Å²) in [7, 11) is -3.47. The third kappa shape index (κ3) is 3.97. The largest absolute Gasteiger partial charge is 0.328 e. The molecule has 1 fully saturated rings. The van der Waals surface area contributed by atoms with Gasteiger partial charge in [0.2, 0.25) is 10.0 Å². The number of hydrogen-bond acceptors (Lipinski definition) is 5. The highest BCUT2D eigenvalue weighted by molar-refractivity contribution is 7.89. The van der Waals surface area contributed by atoms with Crippen LogP contribution in [-0.4, -0.2) is 50.1 Å². The third-order valence-electron chi connectivity index (χ3n) is 5.56. The number of rotatable bonds is 6. The lowest BCUT2D eigenvalue weighted by molar-refractivity contribution is 0.252. The molecular weight excluding hydrogens is 388 g/mol. The molecule has 1 aliphatic rings. The summed E-state index contributed by atoms with van der Waals surface area (Å²) < 4.78 is 31.2. The predicted molar refractivity (Wildman–Crippen MR) is 110 cm³/mol. The minimum atomic E-state index is -3.47. The van der Waals surface area contributed by atoms with Crippen LogP contribution < -0.4 is 0 Å². The van der Waals surface area contributed by atoms with Crippen LogP contribution in [0.1, 0.15) is 25.5 Å². The Kier molecular flexibility index (Phi) is 5.51. The van der Waals surface area contributed by atoms with Gasteiger partial charge in [0, 0.05) is 62.2 Å². The minimum Gasteiger partial charge on any atom is -0.328 e. The molecule has 0 spiro atoms. The summed E-state index contributed by atoms with van der Waals surface area (Å²) in [6.07, 6.45) is 10.2. The molecule has 0 bridgehead atoms. The highest BCUT2D eigenvalue weighted by Gasteiger charge is 2.31. The summed E-state index contributed by atoms with van der Waals surface area (Å²) in [6.45, 7) is 6.53. The van der Waals surface area contributed by atoms with E-state index in [1.807, 2.05) is 31.5 Å². The summed E-state index contributed by atoms with van der Waals surface area (Å²) >= 11 is 0. The monoisotopic (exact) mass is 414 g/mol. The Morgan fingerprint density at radius 3 is 2.62 bits per heavy atom. The molecule has 0 aliphatic carbocycles. The fourth-order valence-corrected chi connectivity index (χ4v) is 5.23. The van der Waals surface area contributed by atoms with Crippen LogP contribution in [0.3, 0.4) is 0 Å². The van der Waals surface area contributed by atoms with E-state index in [0.717, 1.165) is 36.5 Å². The van der Waals surface area contributed by atoms with Crippen molar-refractivity contribution < 1.29 is 8.42 Å². The van der Waals surface area contributed by atoms with Crippen LogP contribution in [0.15, 0.2) is 48.0 Å². The van der Waals surface area contributed by atoms with Gasteiger partial charge in [-0.15, -0.1) is 0 Å². The normalized spacial score (nSPS) is 16.3. The fourth-order valence-electron chi connectivity index (χ4n) is 3.81. The molecule has 4 rings (SSSR count). The molecule has 0 aromatic carbocycles. The lowest BCUT2D eigenvalue weighted by Crippen LogP contribution is -2.39. The number of sulfonamides is 1. The third-order valence-corrected chi connectivity index (χ3v) is 7.41. The Bertz CT molecular complexity index is 1070. The molecule has 0 amide bonds. The van der Waals surface area contributed by atoms with Crippen molar-refractivity contribution in [1.82, 2.24) is 28.6 Å². The van der Waals surface area contributed by atoms with Gasteiger partial charge in [0.15, 0.2) is 0 Å². The van der Waals surface area contributed by atoms with E-state index in [0.29, 0.717) is 25.6 Å². The first-order chi connectivity index (χ1) is 14.0. The second-order valence-electron chi connectivity index (χ2n) is 7.45. The van der Waals surface area contributed by atoms with Gasteiger partial charge < -0.3 is 4.57 Å². The number of hydrogen-bond donors (Lipinski definition) is 0. The second kappa shape index (κ2) is 8.08. The highest BCUT2D eigenvalue weighted by Crippen LogP contribution is 2.27. The van der Waals surface area contributed by atoms with E-state index in [2.05, 4.69) is 26.6 Å². The van der Waals surface area contributed by atoms with E-state index < -0.39 is 10.0 Å². The van der Waals surface area contributed by atoms with Gasteiger partial charge >= 0.3 is 0 Å². The molecule has 0 radical (unpaired) electrons. The predicted octanol–water partition coefficient (Wildman–Crippen LogP) is 2.57. The molecule has 1 saturated heterocycles. The van der Waals surface area contributed by atoms with Crippen molar-refractivity contribution in [3.05, 3.63) is 48.8 Å². The molecular formula is C20H26N6O2S. The maximum atomic E-state index is 12.9. The average Bonchev–Trinajstić information content (AvgIpc) is 3.37. The van der Waals surface area contributed by atoms with Crippen LogP contribution in [0, 0.1) is 12.8 Å². The van der Waals surface area contributed by atoms with Crippen LogP contribution in [0.4, 0.5) is 0 Å². The molecule has 8 nitrogen and oxygen atoms in total. The molecule has 9 heteroatoms. The molecule has 3 aromatic heterocycles. The zero-order chi connectivity index (χ0) is 20.4. The molecule has 29 heavy (non-hydrogen) atoms. The van der Waals surface area contributed by atoms with Crippen molar-refractivity contribution in [1.29, 1.82) is 0 Å². The van der Waals surface area contributed by atoms with Gasteiger partial charge in [0.1, 0.15) is 10.7 Å². The van der Waals surface area contributed by atoms with Gasteiger partial charge in [-0.1, -0.05) is 0 Å². The average molecular weight is 415 g/mol. The van der Waals surface area contributed by atoms with Gasteiger partial charge in [0.05, 0.1) is 6.20 Å². The molecule has 0 N–H and O–H groups in total. The Morgan fingerprint density at radius 2 is 1.97 bits per heavy atom. The summed E-state index contributed by atoms with van der Waals surface area (Å²) in [6, 6.07) is 3.92. The molecule has 4 heterocycles. The Balaban J connectivity index is 1.44. The van der Waals surface area contributed by atoms with E-state index in [1.54, 1.807) is 21.4 Å². The Morgan fingerprint density at radius 1 is 1.17 bits per heavy atom. The zero-order valence-corrected chi connectivity index (χ0v) is 17.6. The topological polar surface area (TPSA) is 85.9 Å². The molecule has 3 aromatic rings. The zero-order valence-electron chi connectivity index (χ0n) is 16.8. The van der Waals surface area contributed by atoms with E-state index in [-0.39, 0.29) is 4.90 Å². The number of aryl methyl sites for hydroxylation is 2. The van der Waals surface area contributed by atoms with Crippen molar-refractivity contribution in [3.8, 4) is 11.4 Å². The molecule has 0 saturated carbocycles. The second-order valence-corrected chi connectivity index (χ2v) is 9.39. The number of aromatic nitrogens is 5. The van der Waals surface area contributed by atoms with Crippen LogP contribution in [0.25, 0.3) is 11.4 Å². The maximum absolute atomic E-state index is 12.9. The maximum Gasteiger partial charge on any atom is 0.246 e. The number of piperidine rings is 1. The minimum absolute atomic E-state index is 0.280. The van der Waals surface area contributed by atoms with Gasteiger partial charge in [-0.2, -0.15) is 9.40 Å². The van der Waals surface area contributed by atoms with E-state index in [1.165, 1.54) is 6.20 Å². The Labute approximate surface area is 171 Å². The standard InChI is InChI=1S/C20H26N6O2S/c1-3-24-15-19(13-23-24)29(27,28)25-9-6-17(7-10-25)14-26-16(2)11-22-20(26)18-5-4-8-21-12-18/h4-5,8,11-13,15,17H,3,6-7,9-10,14H2,1-2H3. The van der Waals surface area contributed by atoms with Gasteiger partial charge in [-0.05, 0) is 44.7 Å². The first-order valence-electron chi connectivity index (χ1n) is 9.94. The molecule has 154 valence electrons. The van der Waals surface area contributed by atoms with Crippen molar-refractivity contribution in [2.45, 2.75) is 44.7 Å². The van der Waals surface area contributed by atoms with Crippen LogP contribution in [0.5, 0.6) is 0 Å². The lowest BCUT2D eigenvalue weighted by Gasteiger charge is -2.31. The van der Waals surface area contributed by atoms with Crippen molar-refractivity contribution in [3.63, 3.8) is 0 Å². The van der Waals surface area contributed by atoms with E-state index in [4.69, 9.17) is 0 Å². The Hall–Kier alpha value is -2.52. The molecule has 1 aliphatic heterocycles. The smallest absolute Gasteiger partial charge is 0.246 e. The van der Waals surface area contributed by atoms with Gasteiger partial charge in [0.25, 0.3) is 0 Å². The van der Waals surface area contributed by atoms with Crippen LogP contribution >= 0.6 is 0 Å². The molecule has 0 unspecified atom stereocenters. The van der Waals surface area contributed by atoms with E-state index >= 15 is 0 Å². The van der Waals surface area contributed by atoms with Crippen LogP contribution in [-0.2, 0) is 23.1 Å². The number of nitrogens with zero attached hydrogens (tertiary/aromatic N) is 6. The summed E-state index contributed by atoms with van der Waals surface area (Å²) in [5, 5.41) is 4.10. The van der Waals surface area contributed by atoms with Gasteiger partial charge in [-0.25, -0.2) is 13.4 Å². The summed E-state index contributed by atoms with van der Waals surface area (Å²) in [5.74, 6) is 1.32. The van der Waals surface area contributed by atoms with Crippen LogP contribution in [0.2, 0.25) is 0 Å². The quantitative estimate of drug-likeness (QED) is 0.619. The molecule has 0 atom stereocenters. The first kappa shape index (κ1) is 19.8. The fraction of sp³-hybridized carbons (Fsp3) is 0.450. The first-order valence-corrected chi connectivity index (χ1v) is 11.4. The van der Waals surface area contributed by atoms with Crippen molar-refractivity contribution in [2.75, 3.05) is 13.1 Å². The SMILES string of the molecule is CCn1cc(S(=O)(=O)N2CCC(Cn3c(C)cnc3-c3cccnc3)CC2)cn1. The summed E-state index contributed by atoms with van der Waals surface area (Å²) in [4.78, 5) is 9.04. The highest BCUT2D eigenvalue weighted by atomic mass is 32.2. The lowest BCUT2D eigenvalue weighted by atomic mass is 9.98. The summed E-state index contributed by atoms with van der Waals surface area (Å²) in [5.41, 5.74) is 2.10. The van der Waals surface area contributed by atoms with Gasteiger partial charge in [-0.3, -0.25) is 9.67 Å². The van der Waals surface area contributed by atoms with E-state index in [9.17, 15) is 8.42 Å². The van der Waals surface area contributed by atoms with Crippen molar-refractivity contribution in [2.24, 2.45) is 5.92 Å². The number of imidazole rings is 1. The number of pyridine rings is 1. The van der Waals surface area contributed by atoms with Crippen molar-refractivity contribution >= 4 is 10.0 Å².